The highest BCUT2D eigenvalue weighted by Gasteiger charge is 2.22. The summed E-state index contributed by atoms with van der Waals surface area (Å²) in [5.74, 6) is 2.81. The van der Waals surface area contributed by atoms with Gasteiger partial charge in [-0.1, -0.05) is 18.2 Å². The van der Waals surface area contributed by atoms with Crippen molar-refractivity contribution in [1.29, 1.82) is 0 Å². The Morgan fingerprint density at radius 2 is 1.71 bits per heavy atom. The topological polar surface area (TPSA) is 41.1 Å². The Bertz CT molecular complexity index is 654. The molecule has 0 amide bonds. The van der Waals surface area contributed by atoms with Crippen LogP contribution in [0.2, 0.25) is 0 Å². The second kappa shape index (κ2) is 5.35. The van der Waals surface area contributed by atoms with Crippen molar-refractivity contribution in [2.75, 3.05) is 30.4 Å². The summed E-state index contributed by atoms with van der Waals surface area (Å²) in [6, 6.07) is 6.32. The Hall–Kier alpha value is -2.10. The molecule has 3 rings (SSSR count). The summed E-state index contributed by atoms with van der Waals surface area (Å²) in [5.41, 5.74) is 4.72. The molecule has 1 aliphatic rings. The second-order valence-electron chi connectivity index (χ2n) is 5.70. The molecule has 110 valence electrons. The highest BCUT2D eigenvalue weighted by Crippen LogP contribution is 2.32. The lowest BCUT2D eigenvalue weighted by atomic mass is 10.0. The minimum atomic E-state index is 0.822. The normalized spacial score (nSPS) is 14.0. The van der Waals surface area contributed by atoms with Crippen LogP contribution in [0.1, 0.15) is 23.1 Å². The monoisotopic (exact) mass is 282 g/mol. The molecule has 0 atom stereocenters. The third-order valence-electron chi connectivity index (χ3n) is 4.22. The number of nitrogens with zero attached hydrogens (tertiary/aromatic N) is 3. The quantitative estimate of drug-likeness (QED) is 0.937. The van der Waals surface area contributed by atoms with Crippen LogP contribution in [0.5, 0.6) is 0 Å². The average molecular weight is 282 g/mol. The maximum absolute atomic E-state index is 4.87. The Balaban J connectivity index is 2.18. The molecule has 21 heavy (non-hydrogen) atoms. The van der Waals surface area contributed by atoms with E-state index in [1.807, 2.05) is 7.05 Å². The third-order valence-corrected chi connectivity index (χ3v) is 4.22. The molecule has 2 heterocycles. The van der Waals surface area contributed by atoms with Gasteiger partial charge in [0.15, 0.2) is 5.82 Å². The molecule has 1 aliphatic heterocycles. The van der Waals surface area contributed by atoms with Crippen molar-refractivity contribution < 1.29 is 0 Å². The predicted octanol–water partition coefficient (Wildman–Crippen LogP) is 3.32. The maximum Gasteiger partial charge on any atom is 0.164 e. The zero-order valence-corrected chi connectivity index (χ0v) is 13.2. The Kier molecular flexibility index (Phi) is 3.53. The lowest BCUT2D eigenvalue weighted by Crippen LogP contribution is -2.38. The van der Waals surface area contributed by atoms with Crippen LogP contribution in [-0.2, 0) is 0 Å². The first-order valence-electron chi connectivity index (χ1n) is 7.49. The highest BCUT2D eigenvalue weighted by atomic mass is 15.2. The molecule has 1 N–H and O–H groups in total. The summed E-state index contributed by atoms with van der Waals surface area (Å²) in [6.07, 6.45) is 1.25. The second-order valence-corrected chi connectivity index (χ2v) is 5.70. The first-order valence-corrected chi connectivity index (χ1v) is 7.49. The fourth-order valence-electron chi connectivity index (χ4n) is 2.86. The number of hydrogen-bond donors (Lipinski definition) is 1. The number of rotatable bonds is 3. The molecule has 4 heteroatoms. The van der Waals surface area contributed by atoms with Gasteiger partial charge in [0.1, 0.15) is 11.6 Å². The minimum absolute atomic E-state index is 0.822. The van der Waals surface area contributed by atoms with E-state index in [-0.39, 0.29) is 0 Å². The van der Waals surface area contributed by atoms with Gasteiger partial charge in [-0.2, -0.15) is 0 Å². The van der Waals surface area contributed by atoms with Crippen molar-refractivity contribution in [3.05, 3.63) is 34.9 Å². The predicted molar refractivity (Wildman–Crippen MR) is 88.1 cm³/mol. The van der Waals surface area contributed by atoms with Crippen LogP contribution in [0.25, 0.3) is 11.4 Å². The molecule has 0 saturated carbocycles. The van der Waals surface area contributed by atoms with Crippen molar-refractivity contribution in [3.63, 3.8) is 0 Å². The largest absolute Gasteiger partial charge is 0.373 e. The van der Waals surface area contributed by atoms with Gasteiger partial charge >= 0.3 is 0 Å². The Morgan fingerprint density at radius 1 is 1.05 bits per heavy atom. The third kappa shape index (κ3) is 2.35. The van der Waals surface area contributed by atoms with Crippen LogP contribution in [0.15, 0.2) is 18.2 Å². The van der Waals surface area contributed by atoms with E-state index in [4.69, 9.17) is 9.97 Å². The van der Waals surface area contributed by atoms with Gasteiger partial charge in [-0.25, -0.2) is 9.97 Å². The Labute approximate surface area is 126 Å². The van der Waals surface area contributed by atoms with Crippen LogP contribution < -0.4 is 10.2 Å². The minimum Gasteiger partial charge on any atom is -0.373 e. The van der Waals surface area contributed by atoms with E-state index in [1.165, 1.54) is 17.5 Å². The van der Waals surface area contributed by atoms with Crippen LogP contribution in [0, 0.1) is 20.8 Å². The van der Waals surface area contributed by atoms with Crippen LogP contribution in [0.4, 0.5) is 11.6 Å². The maximum atomic E-state index is 4.87. The summed E-state index contributed by atoms with van der Waals surface area (Å²) in [4.78, 5) is 11.9. The summed E-state index contributed by atoms with van der Waals surface area (Å²) >= 11 is 0. The van der Waals surface area contributed by atoms with Gasteiger partial charge in [0.25, 0.3) is 0 Å². The van der Waals surface area contributed by atoms with Gasteiger partial charge in [0.2, 0.25) is 0 Å². The molecule has 0 aliphatic carbocycles. The van der Waals surface area contributed by atoms with Crippen LogP contribution in [-0.4, -0.2) is 30.1 Å². The summed E-state index contributed by atoms with van der Waals surface area (Å²) in [7, 11) is 1.92. The van der Waals surface area contributed by atoms with Gasteiger partial charge in [0, 0.05) is 31.3 Å². The van der Waals surface area contributed by atoms with Gasteiger partial charge < -0.3 is 10.2 Å². The molecule has 1 aromatic carbocycles. The van der Waals surface area contributed by atoms with Gasteiger partial charge in [0.05, 0.1) is 0 Å². The fourth-order valence-corrected chi connectivity index (χ4v) is 2.86. The highest BCUT2D eigenvalue weighted by molar-refractivity contribution is 5.70. The smallest absolute Gasteiger partial charge is 0.164 e. The van der Waals surface area contributed by atoms with E-state index >= 15 is 0 Å². The zero-order valence-electron chi connectivity index (χ0n) is 13.2. The summed E-state index contributed by atoms with van der Waals surface area (Å²) in [6.45, 7) is 8.51. The molecule has 0 radical (unpaired) electrons. The zero-order chi connectivity index (χ0) is 15.0. The molecule has 1 saturated heterocycles. The first kappa shape index (κ1) is 13.9. The number of hydrogen-bond acceptors (Lipinski definition) is 4. The number of aromatic nitrogens is 2. The van der Waals surface area contributed by atoms with Gasteiger partial charge in [-0.3, -0.25) is 0 Å². The van der Waals surface area contributed by atoms with E-state index in [0.717, 1.165) is 41.7 Å². The van der Waals surface area contributed by atoms with E-state index in [2.05, 4.69) is 49.2 Å². The van der Waals surface area contributed by atoms with Crippen LogP contribution in [0.3, 0.4) is 0 Å². The van der Waals surface area contributed by atoms with Crippen molar-refractivity contribution in [2.45, 2.75) is 27.2 Å². The van der Waals surface area contributed by atoms with Crippen molar-refractivity contribution in [2.24, 2.45) is 0 Å². The SMILES string of the molecule is CNc1nc(-c2c(C)cccc2C)nc(N2CCC2)c1C. The average Bonchev–Trinajstić information content (AvgIpc) is 2.39. The summed E-state index contributed by atoms with van der Waals surface area (Å²) in [5, 5.41) is 3.21. The molecule has 2 aromatic rings. The first-order chi connectivity index (χ1) is 10.1. The molecule has 0 spiro atoms. The van der Waals surface area contributed by atoms with E-state index in [1.54, 1.807) is 0 Å². The van der Waals surface area contributed by atoms with E-state index < -0.39 is 0 Å². The molecular formula is C17H22N4. The van der Waals surface area contributed by atoms with Crippen molar-refractivity contribution >= 4 is 11.6 Å². The number of nitrogens with one attached hydrogen (secondary N) is 1. The Morgan fingerprint density at radius 3 is 2.24 bits per heavy atom. The number of anilines is 2. The standard InChI is InChI=1S/C17H22N4/c1-11-7-5-8-12(2)14(11)16-19-15(18-4)13(3)17(20-16)21-9-6-10-21/h5,7-8H,6,9-10H2,1-4H3,(H,18,19,20). The van der Waals surface area contributed by atoms with Crippen LogP contribution >= 0.6 is 0 Å². The van der Waals surface area contributed by atoms with E-state index in [0.29, 0.717) is 0 Å². The molecular weight excluding hydrogens is 260 g/mol. The molecule has 1 aromatic heterocycles. The molecule has 0 bridgehead atoms. The lowest BCUT2D eigenvalue weighted by molar-refractivity contribution is 0.607. The molecule has 0 unspecified atom stereocenters. The lowest BCUT2D eigenvalue weighted by Gasteiger charge is -2.33. The number of aryl methyl sites for hydroxylation is 2. The molecule has 1 fully saturated rings. The number of benzene rings is 1. The van der Waals surface area contributed by atoms with Crippen molar-refractivity contribution in [1.82, 2.24) is 9.97 Å². The van der Waals surface area contributed by atoms with E-state index in [9.17, 15) is 0 Å². The summed E-state index contributed by atoms with van der Waals surface area (Å²) < 4.78 is 0. The fraction of sp³-hybridized carbons (Fsp3) is 0.412. The van der Waals surface area contributed by atoms with Crippen molar-refractivity contribution in [3.8, 4) is 11.4 Å². The van der Waals surface area contributed by atoms with Gasteiger partial charge in [-0.05, 0) is 38.3 Å². The van der Waals surface area contributed by atoms with Gasteiger partial charge in [-0.15, -0.1) is 0 Å². The molecule has 4 nitrogen and oxygen atoms in total.